The maximum Gasteiger partial charge on any atom is 0.121 e. The van der Waals surface area contributed by atoms with Gasteiger partial charge in [0.15, 0.2) is 0 Å². The summed E-state index contributed by atoms with van der Waals surface area (Å²) >= 11 is 0. The van der Waals surface area contributed by atoms with Crippen molar-refractivity contribution >= 4 is 46.2 Å². The van der Waals surface area contributed by atoms with Crippen LogP contribution in [0.3, 0.4) is 0 Å². The fourth-order valence-electron chi connectivity index (χ4n) is 8.83. The number of rotatable bonds is 8. The Morgan fingerprint density at radius 2 is 1.32 bits per heavy atom. The first-order valence-corrected chi connectivity index (χ1v) is 26.6. The second-order valence-electron chi connectivity index (χ2n) is 19.2. The number of aryl methyl sites for hydroxylation is 1. The summed E-state index contributed by atoms with van der Waals surface area (Å²) in [7, 11) is -1.81. The van der Waals surface area contributed by atoms with E-state index in [2.05, 4.69) is 181 Å². The zero-order valence-corrected chi connectivity index (χ0v) is 43.0. The monoisotopic (exact) mass is 1100 g/mol. The van der Waals surface area contributed by atoms with Crippen molar-refractivity contribution < 1.29 is 31.4 Å². The Hall–Kier alpha value is -6.95. The minimum Gasteiger partial charge on any atom is -0.501 e. The average Bonchev–Trinajstić information content (AvgIpc) is 3.98. The smallest absolute Gasteiger partial charge is 0.121 e. The molecule has 1 radical (unpaired) electrons. The van der Waals surface area contributed by atoms with Crippen LogP contribution in [0.15, 0.2) is 199 Å². The molecule has 11 aromatic rings. The van der Waals surface area contributed by atoms with Crippen molar-refractivity contribution in [1.29, 1.82) is 0 Å². The maximum absolute atomic E-state index is 8.79. The molecule has 0 spiro atoms. The molecule has 0 aliphatic heterocycles. The number of benzene rings is 8. The van der Waals surface area contributed by atoms with Crippen LogP contribution >= 0.6 is 0 Å². The van der Waals surface area contributed by atoms with Crippen LogP contribution in [0, 0.1) is 24.4 Å². The Balaban J connectivity index is 0.000000207. The number of hydrogen-bond donors (Lipinski definition) is 0. The number of pyridine rings is 1. The number of fused-ring (bicyclic) bond motifs is 4. The SMILES string of the molecule is [2H]C([2H])([2H])c1c[c-]c(-c2cc(C([2H])([2H])C(C)(C)C)c([Si](C)(C)C)cn2)cc1.[Ir].[c-]1ccc2c(oc3cc(-c4ccc(-c5ccccc5)cc4)ccc32)c1-c1nc2ccccc2n1-c1ccccc1-c1ccccc1. The van der Waals surface area contributed by atoms with Gasteiger partial charge in [-0.05, 0) is 74.8 Å². The number of aromatic nitrogens is 3. The van der Waals surface area contributed by atoms with Gasteiger partial charge in [0.05, 0.1) is 30.5 Å². The molecule has 6 heteroatoms. The molecule has 0 saturated carbocycles. The van der Waals surface area contributed by atoms with Gasteiger partial charge < -0.3 is 14.0 Å². The Morgan fingerprint density at radius 1 is 0.667 bits per heavy atom. The number of hydrogen-bond acceptors (Lipinski definition) is 3. The Morgan fingerprint density at radius 3 is 2.01 bits per heavy atom. The van der Waals surface area contributed by atoms with Gasteiger partial charge in [-0.2, -0.15) is 0 Å². The van der Waals surface area contributed by atoms with E-state index in [9.17, 15) is 0 Å². The summed E-state index contributed by atoms with van der Waals surface area (Å²) in [6.45, 7) is 10.1. The molecule has 0 bridgehead atoms. The molecule has 0 amide bonds. The van der Waals surface area contributed by atoms with E-state index in [0.717, 1.165) is 77.5 Å². The van der Waals surface area contributed by atoms with Crippen molar-refractivity contribution in [2.75, 3.05) is 0 Å². The minimum absolute atomic E-state index is 0. The molecule has 0 atom stereocenters. The normalized spacial score (nSPS) is 13.1. The average molecular weight is 1100 g/mol. The fourth-order valence-corrected chi connectivity index (χ4v) is 10.2. The topological polar surface area (TPSA) is 43.9 Å². The summed E-state index contributed by atoms with van der Waals surface area (Å²) in [6.07, 6.45) is 0.269. The van der Waals surface area contributed by atoms with Crippen LogP contribution in [0.1, 0.15) is 38.8 Å². The van der Waals surface area contributed by atoms with Crippen LogP contribution in [-0.2, 0) is 26.5 Å². The first-order valence-electron chi connectivity index (χ1n) is 25.6. The summed E-state index contributed by atoms with van der Waals surface area (Å²) < 4.78 is 49.0. The number of para-hydroxylation sites is 3. The predicted molar refractivity (Wildman–Crippen MR) is 288 cm³/mol. The van der Waals surface area contributed by atoms with Gasteiger partial charge in [0.1, 0.15) is 5.58 Å². The van der Waals surface area contributed by atoms with Crippen molar-refractivity contribution in [2.45, 2.75) is 53.6 Å². The molecule has 3 aromatic heterocycles. The Labute approximate surface area is 428 Å². The van der Waals surface area contributed by atoms with Gasteiger partial charge in [0.25, 0.3) is 0 Å². The van der Waals surface area contributed by atoms with Crippen molar-refractivity contribution in [1.82, 2.24) is 14.5 Å². The molecule has 0 fully saturated rings. The van der Waals surface area contributed by atoms with E-state index in [4.69, 9.17) is 16.3 Å². The summed E-state index contributed by atoms with van der Waals surface area (Å²) in [5.41, 5.74) is 14.0. The van der Waals surface area contributed by atoms with Crippen LogP contribution in [-0.4, -0.2) is 22.6 Å². The van der Waals surface area contributed by atoms with E-state index in [-0.39, 0.29) is 25.7 Å². The second kappa shape index (κ2) is 19.6. The quantitative estimate of drug-likeness (QED) is 0.112. The van der Waals surface area contributed by atoms with E-state index >= 15 is 0 Å². The van der Waals surface area contributed by atoms with Crippen LogP contribution in [0.5, 0.6) is 0 Å². The molecule has 8 aromatic carbocycles. The van der Waals surface area contributed by atoms with E-state index < -0.39 is 26.7 Å². The molecule has 11 rings (SSSR count). The van der Waals surface area contributed by atoms with Crippen molar-refractivity contribution in [2.24, 2.45) is 5.41 Å². The van der Waals surface area contributed by atoms with Gasteiger partial charge in [-0.1, -0.05) is 197 Å². The van der Waals surface area contributed by atoms with Crippen LogP contribution in [0.4, 0.5) is 0 Å². The van der Waals surface area contributed by atoms with E-state index in [1.165, 1.54) is 17.2 Å². The third-order valence-corrected chi connectivity index (χ3v) is 14.1. The van der Waals surface area contributed by atoms with Crippen molar-refractivity contribution in [3.05, 3.63) is 218 Å². The van der Waals surface area contributed by atoms with E-state index in [0.29, 0.717) is 16.8 Å². The van der Waals surface area contributed by atoms with Gasteiger partial charge >= 0.3 is 0 Å². The summed E-state index contributed by atoms with van der Waals surface area (Å²) in [5, 5.41) is 3.12. The summed E-state index contributed by atoms with van der Waals surface area (Å²) in [6, 6.07) is 70.1. The first-order chi connectivity index (χ1) is 34.9. The minimum atomic E-state index is -2.17. The third kappa shape index (κ3) is 9.98. The zero-order chi connectivity index (χ0) is 51.3. The van der Waals surface area contributed by atoms with Gasteiger partial charge in [-0.15, -0.1) is 53.6 Å². The van der Waals surface area contributed by atoms with Crippen LogP contribution < -0.4 is 5.19 Å². The number of nitrogens with zero attached hydrogens (tertiary/aromatic N) is 3. The fraction of sp³-hybridized carbons (Fsp3) is 0.143. The standard InChI is InChI=1S/C43H27N2O.C20H28NSi.Ir/c1-3-12-29(13-4-1)30-22-24-31(25-23-30)33-26-27-35-36-17-11-18-37(42(36)46-41(35)28-33)43-44-38-19-8-10-21-40(38)45(43)39-20-9-7-16-34(39)32-14-5-2-6-15-32;1-15-8-10-16(11-9-15)18-12-17(13-20(2,3)4)19(14-21-18)22(5,6)7;/h1-17,19-28H;8-10,12,14H,13H2,1-7H3;/q2*-1;/i;1D3,13D2;. The summed E-state index contributed by atoms with van der Waals surface area (Å²) in [4.78, 5) is 9.74. The van der Waals surface area contributed by atoms with Gasteiger partial charge in [0.2, 0.25) is 0 Å². The number of furan rings is 1. The van der Waals surface area contributed by atoms with Crippen molar-refractivity contribution in [3.63, 3.8) is 0 Å². The molecule has 3 heterocycles. The Kier molecular flexibility index (Phi) is 11.6. The van der Waals surface area contributed by atoms with Gasteiger partial charge in [0, 0.05) is 49.8 Å². The molecule has 343 valence electrons. The van der Waals surface area contributed by atoms with Crippen LogP contribution in [0.25, 0.3) is 94.7 Å². The molecule has 4 nitrogen and oxygen atoms in total. The molecule has 0 aliphatic carbocycles. The molecule has 0 saturated heterocycles. The maximum atomic E-state index is 8.79. The largest absolute Gasteiger partial charge is 0.501 e. The predicted octanol–water partition coefficient (Wildman–Crippen LogP) is 16.4. The number of imidazole rings is 1. The molecular formula is C63H55IrN3OSi-2. The van der Waals surface area contributed by atoms with Gasteiger partial charge in [-0.3, -0.25) is 4.98 Å². The summed E-state index contributed by atoms with van der Waals surface area (Å²) in [5.74, 6) is 0.797. The molecule has 0 aliphatic rings. The van der Waals surface area contributed by atoms with E-state index in [1.807, 2.05) is 51.1 Å². The third-order valence-electron chi connectivity index (χ3n) is 12.1. The first kappa shape index (κ1) is 41.1. The molecule has 69 heavy (non-hydrogen) atoms. The zero-order valence-electron chi connectivity index (χ0n) is 44.6. The van der Waals surface area contributed by atoms with E-state index in [1.54, 1.807) is 18.3 Å². The van der Waals surface area contributed by atoms with Gasteiger partial charge in [-0.25, -0.2) is 0 Å². The Bertz CT molecular complexity index is 3760. The molecule has 0 N–H and O–H groups in total. The molecular weight excluding hydrogens is 1040 g/mol. The van der Waals surface area contributed by atoms with Crippen LogP contribution in [0.2, 0.25) is 19.6 Å². The van der Waals surface area contributed by atoms with Crippen molar-refractivity contribution in [3.8, 4) is 61.7 Å². The molecule has 0 unspecified atom stereocenters. The second-order valence-corrected chi connectivity index (χ2v) is 24.3.